The lowest BCUT2D eigenvalue weighted by molar-refractivity contribution is -0.148. The van der Waals surface area contributed by atoms with E-state index in [1.807, 2.05) is 25.1 Å². The molecule has 1 aliphatic heterocycles. The van der Waals surface area contributed by atoms with Gasteiger partial charge in [-0.25, -0.2) is 4.79 Å². The van der Waals surface area contributed by atoms with Crippen molar-refractivity contribution in [2.75, 3.05) is 25.6 Å². The molecule has 1 amide bonds. The highest BCUT2D eigenvalue weighted by atomic mass is 16.6. The Hall–Kier alpha value is -3.48. The first-order valence-corrected chi connectivity index (χ1v) is 9.20. The highest BCUT2D eigenvalue weighted by Crippen LogP contribution is 2.40. The summed E-state index contributed by atoms with van der Waals surface area (Å²) < 4.78 is 21.6. The van der Waals surface area contributed by atoms with E-state index in [2.05, 4.69) is 5.32 Å². The molecule has 0 spiro atoms. The summed E-state index contributed by atoms with van der Waals surface area (Å²) in [6, 6.07) is 10.8. The number of hydrogen-bond donors (Lipinski definition) is 1. The zero-order chi connectivity index (χ0) is 20.8. The van der Waals surface area contributed by atoms with Crippen LogP contribution < -0.4 is 19.5 Å². The fraction of sp³-hybridized carbons (Fsp3) is 0.273. The number of anilines is 1. The maximum absolute atomic E-state index is 12.2. The smallest absolute Gasteiger partial charge is 0.331 e. The average Bonchev–Trinajstić information content (AvgIpc) is 2.71. The molecule has 7 heteroatoms. The third-order valence-corrected chi connectivity index (χ3v) is 4.21. The van der Waals surface area contributed by atoms with E-state index < -0.39 is 18.0 Å². The molecule has 2 aromatic rings. The molecule has 7 nitrogen and oxygen atoms in total. The van der Waals surface area contributed by atoms with Crippen molar-refractivity contribution in [1.82, 2.24) is 0 Å². The molecule has 1 aliphatic rings. The second-order valence-electron chi connectivity index (χ2n) is 6.52. The first kappa shape index (κ1) is 20.3. The lowest BCUT2D eigenvalue weighted by Gasteiger charge is -2.20. The van der Waals surface area contributed by atoms with Crippen molar-refractivity contribution < 1.29 is 28.5 Å². The Bertz CT molecular complexity index is 920. The van der Waals surface area contributed by atoms with Crippen molar-refractivity contribution >= 4 is 23.6 Å². The predicted molar refractivity (Wildman–Crippen MR) is 108 cm³/mol. The van der Waals surface area contributed by atoms with Crippen LogP contribution in [-0.4, -0.2) is 38.3 Å². The monoisotopic (exact) mass is 397 g/mol. The Morgan fingerprint density at radius 1 is 1.17 bits per heavy atom. The molecule has 0 unspecified atom stereocenters. The minimum atomic E-state index is -0.942. The van der Waals surface area contributed by atoms with Gasteiger partial charge in [0.2, 0.25) is 5.75 Å². The number of rotatable bonds is 6. The second-order valence-corrected chi connectivity index (χ2v) is 6.52. The van der Waals surface area contributed by atoms with Crippen LogP contribution >= 0.6 is 0 Å². The first-order valence-electron chi connectivity index (χ1n) is 9.20. The molecule has 2 aromatic carbocycles. The molecule has 1 atom stereocenters. The summed E-state index contributed by atoms with van der Waals surface area (Å²) in [6.07, 6.45) is 1.87. The number of aryl methyl sites for hydroxylation is 1. The second kappa shape index (κ2) is 9.14. The number of amides is 1. The van der Waals surface area contributed by atoms with Gasteiger partial charge in [0.25, 0.3) is 5.91 Å². The van der Waals surface area contributed by atoms with Crippen LogP contribution in [0.4, 0.5) is 5.69 Å². The van der Waals surface area contributed by atoms with Gasteiger partial charge in [0.1, 0.15) is 13.2 Å². The van der Waals surface area contributed by atoms with E-state index in [-0.39, 0.29) is 0 Å². The zero-order valence-electron chi connectivity index (χ0n) is 16.6. The molecule has 1 N–H and O–H groups in total. The third kappa shape index (κ3) is 5.28. The van der Waals surface area contributed by atoms with Crippen LogP contribution in [0.2, 0.25) is 0 Å². The van der Waals surface area contributed by atoms with Gasteiger partial charge >= 0.3 is 5.97 Å². The number of fused-ring (bicyclic) bond motifs is 1. The first-order chi connectivity index (χ1) is 14.0. The molecule has 0 fully saturated rings. The van der Waals surface area contributed by atoms with Crippen LogP contribution in [0.25, 0.3) is 6.08 Å². The summed E-state index contributed by atoms with van der Waals surface area (Å²) in [6.45, 7) is 4.34. The van der Waals surface area contributed by atoms with Gasteiger partial charge in [0.15, 0.2) is 17.6 Å². The fourth-order valence-electron chi connectivity index (χ4n) is 2.79. The Morgan fingerprint density at radius 3 is 2.72 bits per heavy atom. The molecular formula is C22H23NO6. The molecule has 3 rings (SSSR count). The molecule has 0 radical (unpaired) electrons. The van der Waals surface area contributed by atoms with Crippen LogP contribution in [0, 0.1) is 6.92 Å². The van der Waals surface area contributed by atoms with E-state index in [1.54, 1.807) is 24.3 Å². The van der Waals surface area contributed by atoms with Gasteiger partial charge < -0.3 is 24.3 Å². The molecule has 1 heterocycles. The number of hydrogen-bond acceptors (Lipinski definition) is 6. The van der Waals surface area contributed by atoms with Crippen molar-refractivity contribution in [1.29, 1.82) is 0 Å². The largest absolute Gasteiger partial charge is 0.493 e. The number of carbonyl (C=O) groups excluding carboxylic acids is 2. The summed E-state index contributed by atoms with van der Waals surface area (Å²) in [5, 5.41) is 2.72. The molecule has 29 heavy (non-hydrogen) atoms. The van der Waals surface area contributed by atoms with Crippen molar-refractivity contribution in [2.24, 2.45) is 0 Å². The Balaban J connectivity index is 1.61. The minimum absolute atomic E-state index is 0.404. The number of ether oxygens (including phenoxy) is 4. The standard InChI is InChI=1S/C22H23NO6/c1-14-5-4-6-17(11-14)23-22(25)15(2)29-20(24)8-7-16-12-18(26-3)21-19(13-16)27-9-10-28-21/h4-8,11-13,15H,9-10H2,1-3H3,(H,23,25)/b8-7+/t15-/m0/s1. The molecule has 0 bridgehead atoms. The predicted octanol–water partition coefficient (Wildman–Crippen LogP) is 3.36. The van der Waals surface area contributed by atoms with Crippen LogP contribution in [0.5, 0.6) is 17.2 Å². The minimum Gasteiger partial charge on any atom is -0.493 e. The number of methoxy groups -OCH3 is 1. The number of esters is 1. The third-order valence-electron chi connectivity index (χ3n) is 4.21. The van der Waals surface area contributed by atoms with Crippen molar-refractivity contribution in [2.45, 2.75) is 20.0 Å². The molecular weight excluding hydrogens is 374 g/mol. The molecule has 0 saturated heterocycles. The maximum Gasteiger partial charge on any atom is 0.331 e. The highest BCUT2D eigenvalue weighted by Gasteiger charge is 2.19. The van der Waals surface area contributed by atoms with E-state index in [0.29, 0.717) is 41.7 Å². The van der Waals surface area contributed by atoms with Crippen LogP contribution in [0.1, 0.15) is 18.1 Å². The van der Waals surface area contributed by atoms with Gasteiger partial charge in [-0.2, -0.15) is 0 Å². The van der Waals surface area contributed by atoms with Gasteiger partial charge in [0, 0.05) is 11.8 Å². The number of benzene rings is 2. The maximum atomic E-state index is 12.2. The van der Waals surface area contributed by atoms with E-state index >= 15 is 0 Å². The summed E-state index contributed by atoms with van der Waals surface area (Å²) in [7, 11) is 1.53. The van der Waals surface area contributed by atoms with E-state index in [1.165, 1.54) is 20.1 Å². The SMILES string of the molecule is COc1cc(/C=C/C(=O)O[C@@H](C)C(=O)Nc2cccc(C)c2)cc2c1OCCO2. The normalized spacial score (nSPS) is 13.6. The molecule has 0 aliphatic carbocycles. The Morgan fingerprint density at radius 2 is 1.97 bits per heavy atom. The fourth-order valence-corrected chi connectivity index (χ4v) is 2.79. The van der Waals surface area contributed by atoms with Gasteiger partial charge in [-0.3, -0.25) is 4.79 Å². The zero-order valence-corrected chi connectivity index (χ0v) is 16.6. The average molecular weight is 397 g/mol. The Kier molecular flexibility index (Phi) is 6.39. The van der Waals surface area contributed by atoms with E-state index in [0.717, 1.165) is 5.56 Å². The van der Waals surface area contributed by atoms with Crippen LogP contribution in [0.3, 0.4) is 0 Å². The van der Waals surface area contributed by atoms with E-state index in [4.69, 9.17) is 18.9 Å². The van der Waals surface area contributed by atoms with Crippen molar-refractivity contribution in [3.05, 3.63) is 53.6 Å². The molecule has 0 aromatic heterocycles. The lowest BCUT2D eigenvalue weighted by atomic mass is 10.1. The topological polar surface area (TPSA) is 83.1 Å². The molecule has 152 valence electrons. The lowest BCUT2D eigenvalue weighted by Crippen LogP contribution is -2.29. The number of nitrogens with one attached hydrogen (secondary N) is 1. The van der Waals surface area contributed by atoms with Gasteiger partial charge in [-0.1, -0.05) is 12.1 Å². The quantitative estimate of drug-likeness (QED) is 0.595. The van der Waals surface area contributed by atoms with Gasteiger partial charge in [-0.15, -0.1) is 0 Å². The van der Waals surface area contributed by atoms with Crippen molar-refractivity contribution in [3.8, 4) is 17.2 Å². The highest BCUT2D eigenvalue weighted by molar-refractivity contribution is 5.96. The number of carbonyl (C=O) groups is 2. The summed E-state index contributed by atoms with van der Waals surface area (Å²) in [5.41, 5.74) is 2.35. The van der Waals surface area contributed by atoms with E-state index in [9.17, 15) is 9.59 Å². The van der Waals surface area contributed by atoms with Crippen LogP contribution in [-0.2, 0) is 14.3 Å². The van der Waals surface area contributed by atoms with Crippen molar-refractivity contribution in [3.63, 3.8) is 0 Å². The molecule has 0 saturated carbocycles. The van der Waals surface area contributed by atoms with Crippen LogP contribution in [0.15, 0.2) is 42.5 Å². The van der Waals surface area contributed by atoms with Gasteiger partial charge in [-0.05, 0) is 55.3 Å². The van der Waals surface area contributed by atoms with Gasteiger partial charge in [0.05, 0.1) is 7.11 Å². The summed E-state index contributed by atoms with van der Waals surface area (Å²) in [5.74, 6) is 0.569. The summed E-state index contributed by atoms with van der Waals surface area (Å²) >= 11 is 0. The Labute approximate surface area is 169 Å². The summed E-state index contributed by atoms with van der Waals surface area (Å²) in [4.78, 5) is 24.3.